The zero-order chi connectivity index (χ0) is 11.5. The molecule has 1 N–H and O–H groups in total. The van der Waals surface area contributed by atoms with E-state index >= 15 is 0 Å². The normalized spacial score (nSPS) is 21.2. The van der Waals surface area contributed by atoms with Crippen molar-refractivity contribution in [3.05, 3.63) is 11.4 Å². The van der Waals surface area contributed by atoms with E-state index in [2.05, 4.69) is 20.3 Å². The molecule has 0 aliphatic carbocycles. The minimum Gasteiger partial charge on any atom is -0.461 e. The van der Waals surface area contributed by atoms with Crippen molar-refractivity contribution >= 4 is 5.97 Å². The fraction of sp³-hybridized carbons (Fsp3) is 0.700. The van der Waals surface area contributed by atoms with Crippen LogP contribution in [0.5, 0.6) is 0 Å². The molecule has 0 aromatic carbocycles. The standard InChI is InChI=1S/C10H16N4O2/c1-3-16-10(15)9-8(11-13-12-9)7-5-4-6-14(7)2/h7H,3-6H2,1-2H3,(H,11,12,13). The molecular weight excluding hydrogens is 208 g/mol. The highest BCUT2D eigenvalue weighted by atomic mass is 16.5. The Kier molecular flexibility index (Phi) is 3.19. The highest BCUT2D eigenvalue weighted by molar-refractivity contribution is 5.88. The first-order valence-corrected chi connectivity index (χ1v) is 5.52. The minimum atomic E-state index is -0.397. The Morgan fingerprint density at radius 1 is 1.62 bits per heavy atom. The smallest absolute Gasteiger partial charge is 0.360 e. The summed E-state index contributed by atoms with van der Waals surface area (Å²) in [6.45, 7) is 3.16. The molecule has 1 aromatic heterocycles. The van der Waals surface area contributed by atoms with Crippen molar-refractivity contribution in [1.82, 2.24) is 20.3 Å². The van der Waals surface area contributed by atoms with Crippen molar-refractivity contribution in [2.45, 2.75) is 25.8 Å². The maximum Gasteiger partial charge on any atom is 0.360 e. The molecule has 2 rings (SSSR count). The Labute approximate surface area is 94.0 Å². The van der Waals surface area contributed by atoms with E-state index < -0.39 is 5.97 Å². The number of hydrogen-bond donors (Lipinski definition) is 1. The number of esters is 1. The number of rotatable bonds is 3. The fourth-order valence-corrected chi connectivity index (χ4v) is 2.08. The van der Waals surface area contributed by atoms with Gasteiger partial charge < -0.3 is 4.74 Å². The highest BCUT2D eigenvalue weighted by Crippen LogP contribution is 2.30. The predicted octanol–water partition coefficient (Wildman–Crippen LogP) is 0.748. The molecule has 6 heteroatoms. The van der Waals surface area contributed by atoms with Crippen molar-refractivity contribution in [3.63, 3.8) is 0 Å². The Morgan fingerprint density at radius 2 is 2.44 bits per heavy atom. The zero-order valence-electron chi connectivity index (χ0n) is 9.56. The number of ether oxygens (including phenoxy) is 1. The van der Waals surface area contributed by atoms with E-state index in [9.17, 15) is 4.79 Å². The fourth-order valence-electron chi connectivity index (χ4n) is 2.08. The van der Waals surface area contributed by atoms with Gasteiger partial charge in [-0.3, -0.25) is 4.90 Å². The summed E-state index contributed by atoms with van der Waals surface area (Å²) in [5.74, 6) is -0.397. The van der Waals surface area contributed by atoms with Gasteiger partial charge in [0, 0.05) is 0 Å². The van der Waals surface area contributed by atoms with Crippen molar-refractivity contribution in [3.8, 4) is 0 Å². The molecular formula is C10H16N4O2. The Balaban J connectivity index is 2.21. The lowest BCUT2D eigenvalue weighted by Crippen LogP contribution is -2.20. The van der Waals surface area contributed by atoms with Gasteiger partial charge in [-0.2, -0.15) is 10.3 Å². The van der Waals surface area contributed by atoms with Gasteiger partial charge in [0.05, 0.1) is 12.6 Å². The van der Waals surface area contributed by atoms with Crippen molar-refractivity contribution in [2.75, 3.05) is 20.2 Å². The Hall–Kier alpha value is -1.43. The van der Waals surface area contributed by atoms with Crippen LogP contribution < -0.4 is 0 Å². The monoisotopic (exact) mass is 224 g/mol. The van der Waals surface area contributed by atoms with Gasteiger partial charge in [-0.25, -0.2) is 4.79 Å². The third kappa shape index (κ3) is 1.92. The number of carbonyl (C=O) groups is 1. The quantitative estimate of drug-likeness (QED) is 0.767. The Morgan fingerprint density at radius 3 is 3.06 bits per heavy atom. The third-order valence-electron chi connectivity index (χ3n) is 2.88. The summed E-state index contributed by atoms with van der Waals surface area (Å²) in [6.07, 6.45) is 2.13. The van der Waals surface area contributed by atoms with Gasteiger partial charge in [0.15, 0.2) is 5.69 Å². The van der Waals surface area contributed by atoms with Crippen molar-refractivity contribution in [2.24, 2.45) is 0 Å². The van der Waals surface area contributed by atoms with Crippen LogP contribution >= 0.6 is 0 Å². The molecule has 0 spiro atoms. The largest absolute Gasteiger partial charge is 0.461 e. The molecule has 6 nitrogen and oxygen atoms in total. The molecule has 16 heavy (non-hydrogen) atoms. The number of aromatic amines is 1. The molecule has 0 bridgehead atoms. The van der Waals surface area contributed by atoms with Crippen LogP contribution in [0.1, 0.15) is 42.0 Å². The zero-order valence-corrected chi connectivity index (χ0v) is 9.56. The number of likely N-dealkylation sites (tertiary alicyclic amines) is 1. The van der Waals surface area contributed by atoms with Crippen LogP contribution in [0.2, 0.25) is 0 Å². The second-order valence-corrected chi connectivity index (χ2v) is 3.92. The number of aromatic nitrogens is 3. The molecule has 2 heterocycles. The van der Waals surface area contributed by atoms with E-state index in [1.807, 2.05) is 7.05 Å². The second-order valence-electron chi connectivity index (χ2n) is 3.92. The van der Waals surface area contributed by atoms with E-state index in [-0.39, 0.29) is 6.04 Å². The van der Waals surface area contributed by atoms with Gasteiger partial charge in [-0.05, 0) is 33.4 Å². The molecule has 88 valence electrons. The van der Waals surface area contributed by atoms with Crippen LogP contribution in [0.15, 0.2) is 0 Å². The van der Waals surface area contributed by atoms with Gasteiger partial charge in [0.25, 0.3) is 0 Å². The second kappa shape index (κ2) is 4.61. The lowest BCUT2D eigenvalue weighted by atomic mass is 10.1. The molecule has 1 aliphatic heterocycles. The van der Waals surface area contributed by atoms with E-state index in [0.29, 0.717) is 18.0 Å². The molecule has 0 radical (unpaired) electrons. The summed E-state index contributed by atoms with van der Waals surface area (Å²) in [5, 5.41) is 10.5. The van der Waals surface area contributed by atoms with Gasteiger partial charge in [0.2, 0.25) is 0 Å². The highest BCUT2D eigenvalue weighted by Gasteiger charge is 2.30. The summed E-state index contributed by atoms with van der Waals surface area (Å²) >= 11 is 0. The SMILES string of the molecule is CCOC(=O)c1n[nH]nc1C1CCCN1C. The summed E-state index contributed by atoms with van der Waals surface area (Å²) in [4.78, 5) is 13.8. The summed E-state index contributed by atoms with van der Waals surface area (Å²) in [5.41, 5.74) is 1.03. The van der Waals surface area contributed by atoms with Gasteiger partial charge in [-0.15, -0.1) is 5.10 Å². The van der Waals surface area contributed by atoms with Gasteiger partial charge in [-0.1, -0.05) is 0 Å². The molecule has 1 atom stereocenters. The van der Waals surface area contributed by atoms with E-state index in [4.69, 9.17) is 4.74 Å². The molecule has 1 aromatic rings. The number of carbonyl (C=O) groups excluding carboxylic acids is 1. The number of hydrogen-bond acceptors (Lipinski definition) is 5. The minimum absolute atomic E-state index is 0.179. The molecule has 1 aliphatic rings. The summed E-state index contributed by atoms with van der Waals surface area (Å²) in [7, 11) is 2.03. The molecule has 0 amide bonds. The molecule has 1 unspecified atom stereocenters. The van der Waals surface area contributed by atoms with E-state index in [0.717, 1.165) is 19.4 Å². The molecule has 0 saturated carbocycles. The van der Waals surface area contributed by atoms with Crippen LogP contribution in [0, 0.1) is 0 Å². The topological polar surface area (TPSA) is 71.1 Å². The first kappa shape index (κ1) is 11.1. The first-order chi connectivity index (χ1) is 7.74. The first-order valence-electron chi connectivity index (χ1n) is 5.52. The van der Waals surface area contributed by atoms with Gasteiger partial charge >= 0.3 is 5.97 Å². The number of nitrogens with zero attached hydrogens (tertiary/aromatic N) is 3. The molecule has 1 saturated heterocycles. The third-order valence-corrected chi connectivity index (χ3v) is 2.88. The average Bonchev–Trinajstić information content (AvgIpc) is 2.85. The van der Waals surface area contributed by atoms with Crippen LogP contribution in [0.3, 0.4) is 0 Å². The van der Waals surface area contributed by atoms with Crippen molar-refractivity contribution in [1.29, 1.82) is 0 Å². The summed E-state index contributed by atoms with van der Waals surface area (Å²) in [6, 6.07) is 0.179. The Bertz CT molecular complexity index is 377. The van der Waals surface area contributed by atoms with Crippen LogP contribution in [0.4, 0.5) is 0 Å². The number of H-pyrrole nitrogens is 1. The maximum absolute atomic E-state index is 11.6. The lowest BCUT2D eigenvalue weighted by molar-refractivity contribution is 0.0516. The summed E-state index contributed by atoms with van der Waals surface area (Å²) < 4.78 is 4.94. The molecule has 1 fully saturated rings. The van der Waals surface area contributed by atoms with Gasteiger partial charge in [0.1, 0.15) is 5.69 Å². The van der Waals surface area contributed by atoms with E-state index in [1.54, 1.807) is 6.92 Å². The average molecular weight is 224 g/mol. The predicted molar refractivity (Wildman–Crippen MR) is 56.9 cm³/mol. The van der Waals surface area contributed by atoms with Crippen LogP contribution in [0.25, 0.3) is 0 Å². The number of nitrogens with one attached hydrogen (secondary N) is 1. The van der Waals surface area contributed by atoms with Crippen molar-refractivity contribution < 1.29 is 9.53 Å². The van der Waals surface area contributed by atoms with Crippen LogP contribution in [-0.4, -0.2) is 46.5 Å². The lowest BCUT2D eigenvalue weighted by Gasteiger charge is -2.17. The maximum atomic E-state index is 11.6. The van der Waals surface area contributed by atoms with E-state index in [1.165, 1.54) is 0 Å². The van der Waals surface area contributed by atoms with Crippen LogP contribution in [-0.2, 0) is 4.74 Å².